The van der Waals surface area contributed by atoms with Gasteiger partial charge >= 0.3 is 20.2 Å². The lowest BCUT2D eigenvalue weighted by Crippen LogP contribution is -2.30. The van der Waals surface area contributed by atoms with Crippen LogP contribution in [0, 0.1) is 0 Å². The fraction of sp³-hybridized carbons (Fsp3) is 0.250. The van der Waals surface area contributed by atoms with Gasteiger partial charge < -0.3 is 22.6 Å². The Morgan fingerprint density at radius 3 is 1.65 bits per heavy atom. The first-order valence-electron chi connectivity index (χ1n) is 17.2. The van der Waals surface area contributed by atoms with Crippen molar-refractivity contribution in [2.45, 2.75) is 37.8 Å². The average Bonchev–Trinajstić information content (AvgIpc) is 3.14. The van der Waals surface area contributed by atoms with Gasteiger partial charge in [0.2, 0.25) is 10.0 Å². The van der Waals surface area contributed by atoms with Crippen LogP contribution >= 0.6 is 0 Å². The normalized spacial score (nSPS) is 12.0. The Morgan fingerprint density at radius 1 is 0.582 bits per heavy atom. The average molecular weight is 810 g/mol. The van der Waals surface area contributed by atoms with Crippen molar-refractivity contribution in [1.29, 1.82) is 0 Å². The highest BCUT2D eigenvalue weighted by atomic mass is 32.2. The van der Waals surface area contributed by atoms with Crippen LogP contribution in [-0.4, -0.2) is 62.9 Å². The van der Waals surface area contributed by atoms with E-state index in [0.29, 0.717) is 24.2 Å². The van der Waals surface area contributed by atoms with E-state index in [2.05, 4.69) is 0 Å². The minimum atomic E-state index is -4.19. The summed E-state index contributed by atoms with van der Waals surface area (Å²) in [5.41, 5.74) is 2.80. The first-order chi connectivity index (χ1) is 26.1. The Bertz CT molecular complexity index is 2380. The zero-order valence-corrected chi connectivity index (χ0v) is 33.5. The topological polar surface area (TPSA) is 152 Å². The molecule has 0 heterocycles. The summed E-state index contributed by atoms with van der Waals surface area (Å²) in [7, 11) is -9.50. The standard InChI is InChI=1S/C40H43NO11S3/c1-6-7-24-50-35-23-20-32(25-36(35)51-53(4,42)43)38-37(48-2)26-34(39(49-3)40(38)52-54(5,44)45)31-18-21-33(22-19-31)55(46,47)41(27-29-14-10-8-11-15-29)28-30-16-12-9-13-17-30/h8-23,25-26H,6-7,24,27-28H2,1-5H3. The van der Waals surface area contributed by atoms with Gasteiger partial charge in [-0.1, -0.05) is 92.2 Å². The van der Waals surface area contributed by atoms with Crippen LogP contribution < -0.4 is 22.6 Å². The number of unbranched alkanes of at least 4 members (excludes halogenated alkanes) is 1. The van der Waals surface area contributed by atoms with Crippen molar-refractivity contribution in [3.05, 3.63) is 120 Å². The Hall–Kier alpha value is -5.09. The van der Waals surface area contributed by atoms with Crippen molar-refractivity contribution < 1.29 is 47.8 Å². The lowest BCUT2D eigenvalue weighted by molar-refractivity contribution is 0.300. The Balaban J connectivity index is 1.62. The number of methoxy groups -OCH3 is 2. The van der Waals surface area contributed by atoms with Crippen LogP contribution in [0.1, 0.15) is 30.9 Å². The maximum Gasteiger partial charge on any atom is 0.306 e. The molecule has 0 amide bonds. The molecule has 5 aromatic carbocycles. The SMILES string of the molecule is CCCCOc1ccc(-c2c(OC)cc(-c3ccc(S(=O)(=O)N(Cc4ccccc4)Cc4ccccc4)cc3)c(OC)c2OS(C)(=O)=O)cc1OS(C)(=O)=O. The Kier molecular flexibility index (Phi) is 13.1. The molecule has 0 aliphatic heterocycles. The lowest BCUT2D eigenvalue weighted by Gasteiger charge is -2.23. The van der Waals surface area contributed by atoms with Crippen molar-refractivity contribution in [3.8, 4) is 51.0 Å². The van der Waals surface area contributed by atoms with Gasteiger partial charge in [0.15, 0.2) is 23.0 Å². The molecular formula is C40H43NO11S3. The van der Waals surface area contributed by atoms with Crippen LogP contribution in [0.3, 0.4) is 0 Å². The predicted octanol–water partition coefficient (Wildman–Crippen LogP) is 7.28. The largest absolute Gasteiger partial charge is 0.496 e. The molecule has 12 nitrogen and oxygen atoms in total. The van der Waals surface area contributed by atoms with Gasteiger partial charge in [-0.25, -0.2) is 8.42 Å². The van der Waals surface area contributed by atoms with Gasteiger partial charge in [0.05, 0.1) is 43.8 Å². The molecular weight excluding hydrogens is 767 g/mol. The summed E-state index contributed by atoms with van der Waals surface area (Å²) < 4.78 is 108. The minimum Gasteiger partial charge on any atom is -0.496 e. The molecule has 0 saturated carbocycles. The predicted molar refractivity (Wildman–Crippen MR) is 211 cm³/mol. The monoisotopic (exact) mass is 809 g/mol. The summed E-state index contributed by atoms with van der Waals surface area (Å²) >= 11 is 0. The van der Waals surface area contributed by atoms with E-state index < -0.39 is 30.3 Å². The number of rotatable bonds is 18. The molecule has 0 atom stereocenters. The van der Waals surface area contributed by atoms with Gasteiger partial charge in [0.1, 0.15) is 5.75 Å². The number of sulfonamides is 1. The first kappa shape index (κ1) is 41.1. The van der Waals surface area contributed by atoms with Gasteiger partial charge in [0, 0.05) is 18.7 Å². The lowest BCUT2D eigenvalue weighted by atomic mass is 9.96. The smallest absolute Gasteiger partial charge is 0.306 e. The Morgan fingerprint density at radius 2 is 1.15 bits per heavy atom. The summed E-state index contributed by atoms with van der Waals surface area (Å²) in [5.74, 6) is -0.0971. The van der Waals surface area contributed by atoms with Crippen LogP contribution in [0.15, 0.2) is 114 Å². The molecule has 0 bridgehead atoms. The number of benzene rings is 5. The van der Waals surface area contributed by atoms with Crippen LogP contribution in [0.4, 0.5) is 0 Å². The fourth-order valence-corrected chi connectivity index (χ4v) is 8.13. The molecule has 0 aliphatic carbocycles. The molecule has 0 spiro atoms. The molecule has 0 N–H and O–H groups in total. The third kappa shape index (κ3) is 10.6. The molecule has 0 unspecified atom stereocenters. The highest BCUT2D eigenvalue weighted by Crippen LogP contribution is 2.52. The van der Waals surface area contributed by atoms with Gasteiger partial charge in [-0.05, 0) is 59.0 Å². The van der Waals surface area contributed by atoms with E-state index in [1.54, 1.807) is 24.3 Å². The van der Waals surface area contributed by atoms with E-state index in [0.717, 1.165) is 30.1 Å². The molecule has 292 valence electrons. The third-order valence-corrected chi connectivity index (χ3v) is 11.1. The summed E-state index contributed by atoms with van der Waals surface area (Å²) in [6.07, 6.45) is 3.32. The number of nitrogens with zero attached hydrogens (tertiary/aromatic N) is 1. The van der Waals surface area contributed by atoms with Gasteiger partial charge in [-0.3, -0.25) is 0 Å². The van der Waals surface area contributed by atoms with Gasteiger partial charge in [-0.15, -0.1) is 0 Å². The number of ether oxygens (including phenoxy) is 3. The van der Waals surface area contributed by atoms with Crippen LogP contribution in [0.2, 0.25) is 0 Å². The molecule has 0 aliphatic rings. The van der Waals surface area contributed by atoms with Crippen LogP contribution in [-0.2, 0) is 43.3 Å². The highest BCUT2D eigenvalue weighted by Gasteiger charge is 2.29. The maximum atomic E-state index is 14.2. The Labute approximate surface area is 323 Å². The maximum absolute atomic E-state index is 14.2. The van der Waals surface area contributed by atoms with Crippen LogP contribution in [0.5, 0.6) is 28.7 Å². The van der Waals surface area contributed by atoms with Crippen molar-refractivity contribution in [3.63, 3.8) is 0 Å². The second kappa shape index (κ2) is 17.6. The zero-order valence-electron chi connectivity index (χ0n) is 31.1. The highest BCUT2D eigenvalue weighted by molar-refractivity contribution is 7.89. The van der Waals surface area contributed by atoms with Crippen molar-refractivity contribution in [2.24, 2.45) is 0 Å². The molecule has 0 fully saturated rings. The summed E-state index contributed by atoms with van der Waals surface area (Å²) in [6, 6.07) is 30.8. The van der Waals surface area contributed by atoms with E-state index in [1.165, 1.54) is 42.8 Å². The van der Waals surface area contributed by atoms with E-state index in [9.17, 15) is 25.3 Å². The molecule has 0 aromatic heterocycles. The van der Waals surface area contributed by atoms with Crippen molar-refractivity contribution in [2.75, 3.05) is 33.3 Å². The molecule has 5 rings (SSSR count). The third-order valence-electron chi connectivity index (χ3n) is 8.29. The van der Waals surface area contributed by atoms with E-state index in [4.69, 9.17) is 22.6 Å². The second-order valence-corrected chi connectivity index (χ2v) is 17.7. The van der Waals surface area contributed by atoms with Crippen molar-refractivity contribution >= 4 is 30.3 Å². The van der Waals surface area contributed by atoms with Crippen LogP contribution in [0.25, 0.3) is 22.3 Å². The number of hydrogen-bond acceptors (Lipinski definition) is 11. The van der Waals surface area contributed by atoms with E-state index in [-0.39, 0.29) is 57.9 Å². The second-order valence-electron chi connectivity index (χ2n) is 12.6. The molecule has 0 saturated heterocycles. The first-order valence-corrected chi connectivity index (χ1v) is 22.2. The summed E-state index contributed by atoms with van der Waals surface area (Å²) in [4.78, 5) is 0.0397. The molecule has 15 heteroatoms. The van der Waals surface area contributed by atoms with Crippen molar-refractivity contribution in [1.82, 2.24) is 4.31 Å². The quantitative estimate of drug-likeness (QED) is 0.0649. The molecule has 5 aromatic rings. The fourth-order valence-electron chi connectivity index (χ4n) is 5.79. The molecule has 55 heavy (non-hydrogen) atoms. The zero-order chi connectivity index (χ0) is 39.8. The van der Waals surface area contributed by atoms with Gasteiger partial charge in [0.25, 0.3) is 0 Å². The van der Waals surface area contributed by atoms with E-state index in [1.807, 2.05) is 67.6 Å². The van der Waals surface area contributed by atoms with E-state index >= 15 is 0 Å². The summed E-state index contributed by atoms with van der Waals surface area (Å²) in [6.45, 7) is 2.57. The van der Waals surface area contributed by atoms with Gasteiger partial charge in [-0.2, -0.15) is 21.1 Å². The summed E-state index contributed by atoms with van der Waals surface area (Å²) in [5, 5.41) is 0. The molecule has 0 radical (unpaired) electrons. The number of hydrogen-bond donors (Lipinski definition) is 0. The minimum absolute atomic E-state index is 0.0135.